The second kappa shape index (κ2) is 4.76. The summed E-state index contributed by atoms with van der Waals surface area (Å²) in [6.07, 6.45) is 0. The Bertz CT molecular complexity index is 843. The smallest absolute Gasteiger partial charge is 0.339 e. The van der Waals surface area contributed by atoms with Gasteiger partial charge < -0.3 is 4.74 Å². The Kier molecular flexibility index (Phi) is 3.07. The number of rotatable bonds is 1. The van der Waals surface area contributed by atoms with Crippen LogP contribution in [0.4, 0.5) is 0 Å². The second-order valence-corrected chi connectivity index (χ2v) is 5.04. The molecule has 0 unspecified atom stereocenters. The molecule has 0 radical (unpaired) electrons. The van der Waals surface area contributed by atoms with Crippen LogP contribution in [-0.4, -0.2) is 13.1 Å². The Morgan fingerprint density at radius 3 is 2.55 bits per heavy atom. The van der Waals surface area contributed by atoms with Crippen molar-refractivity contribution in [3.63, 3.8) is 0 Å². The maximum atomic E-state index is 12.2. The van der Waals surface area contributed by atoms with E-state index in [9.17, 15) is 4.79 Å². The first kappa shape index (κ1) is 12.9. The van der Waals surface area contributed by atoms with Crippen LogP contribution in [-0.2, 0) is 11.8 Å². The highest BCUT2D eigenvalue weighted by atomic mass is 35.5. The van der Waals surface area contributed by atoms with Gasteiger partial charge in [-0.1, -0.05) is 23.7 Å². The zero-order chi connectivity index (χ0) is 14.3. The van der Waals surface area contributed by atoms with Crippen molar-refractivity contribution in [3.05, 3.63) is 53.1 Å². The zero-order valence-corrected chi connectivity index (χ0v) is 11.9. The van der Waals surface area contributed by atoms with E-state index in [1.54, 1.807) is 6.07 Å². The summed E-state index contributed by atoms with van der Waals surface area (Å²) in [6, 6.07) is 13.3. The number of ether oxygens (including phenoxy) is 1. The van der Waals surface area contributed by atoms with Crippen molar-refractivity contribution in [2.24, 2.45) is 7.05 Å². The zero-order valence-electron chi connectivity index (χ0n) is 11.2. The molecule has 0 saturated heterocycles. The SMILES string of the molecule is COC(=O)c1c2ccccc2[n+](C)c2ccc(Cl)cc12. The number of carbonyl (C=O) groups excluding carboxylic acids is 1. The molecular weight excluding hydrogens is 274 g/mol. The number of methoxy groups -OCH3 is 1. The van der Waals surface area contributed by atoms with Gasteiger partial charge in [0, 0.05) is 17.2 Å². The molecule has 0 bridgehead atoms. The van der Waals surface area contributed by atoms with Gasteiger partial charge >= 0.3 is 5.97 Å². The number of esters is 1. The minimum Gasteiger partial charge on any atom is -0.465 e. The molecule has 0 aliphatic heterocycles. The van der Waals surface area contributed by atoms with Crippen molar-refractivity contribution in [2.75, 3.05) is 7.11 Å². The highest BCUT2D eigenvalue weighted by Gasteiger charge is 2.22. The average Bonchev–Trinajstić information content (AvgIpc) is 2.47. The Labute approximate surface area is 121 Å². The summed E-state index contributed by atoms with van der Waals surface area (Å²) in [4.78, 5) is 12.2. The summed E-state index contributed by atoms with van der Waals surface area (Å²) in [6.45, 7) is 0. The van der Waals surface area contributed by atoms with Gasteiger partial charge in [-0.05, 0) is 18.2 Å². The summed E-state index contributed by atoms with van der Waals surface area (Å²) in [5.41, 5.74) is 2.47. The van der Waals surface area contributed by atoms with Crippen LogP contribution in [0.25, 0.3) is 21.8 Å². The monoisotopic (exact) mass is 286 g/mol. The van der Waals surface area contributed by atoms with Gasteiger partial charge in [-0.15, -0.1) is 0 Å². The van der Waals surface area contributed by atoms with Gasteiger partial charge in [0.15, 0.2) is 0 Å². The van der Waals surface area contributed by atoms with Crippen LogP contribution in [0.2, 0.25) is 5.02 Å². The van der Waals surface area contributed by atoms with E-state index < -0.39 is 0 Å². The molecule has 0 aliphatic carbocycles. The predicted molar refractivity (Wildman–Crippen MR) is 79.0 cm³/mol. The van der Waals surface area contributed by atoms with Crippen molar-refractivity contribution in [3.8, 4) is 0 Å². The number of carbonyl (C=O) groups is 1. The van der Waals surface area contributed by atoms with Crippen molar-refractivity contribution in [1.29, 1.82) is 0 Å². The Balaban J connectivity index is 2.60. The summed E-state index contributed by atoms with van der Waals surface area (Å²) in [5.74, 6) is -0.353. The molecule has 0 fully saturated rings. The van der Waals surface area contributed by atoms with Crippen LogP contribution in [0.15, 0.2) is 42.5 Å². The van der Waals surface area contributed by atoms with E-state index in [1.807, 2.05) is 48.0 Å². The molecule has 0 saturated carbocycles. The van der Waals surface area contributed by atoms with Gasteiger partial charge in [0.1, 0.15) is 7.05 Å². The van der Waals surface area contributed by atoms with Gasteiger partial charge in [0.25, 0.3) is 0 Å². The first-order valence-corrected chi connectivity index (χ1v) is 6.59. The fraction of sp³-hybridized carbons (Fsp3) is 0.125. The number of pyridine rings is 1. The normalized spacial score (nSPS) is 10.9. The minimum absolute atomic E-state index is 0.353. The Hall–Kier alpha value is -2.13. The first-order valence-electron chi connectivity index (χ1n) is 6.22. The third kappa shape index (κ3) is 1.82. The predicted octanol–water partition coefficient (Wildman–Crippen LogP) is 3.26. The maximum Gasteiger partial charge on any atom is 0.339 e. The van der Waals surface area contributed by atoms with E-state index >= 15 is 0 Å². The lowest BCUT2D eigenvalue weighted by atomic mass is 10.0. The number of nitrogens with zero attached hydrogens (tertiary/aromatic N) is 1. The summed E-state index contributed by atoms with van der Waals surface area (Å²) in [5, 5.41) is 2.25. The fourth-order valence-corrected chi connectivity index (χ4v) is 2.75. The van der Waals surface area contributed by atoms with Gasteiger partial charge in [0.2, 0.25) is 11.0 Å². The van der Waals surface area contributed by atoms with Crippen LogP contribution >= 0.6 is 11.6 Å². The number of benzene rings is 2. The average molecular weight is 287 g/mol. The lowest BCUT2D eigenvalue weighted by Gasteiger charge is -2.08. The minimum atomic E-state index is -0.353. The van der Waals surface area contributed by atoms with E-state index in [0.717, 1.165) is 21.8 Å². The molecule has 3 nitrogen and oxygen atoms in total. The second-order valence-electron chi connectivity index (χ2n) is 4.60. The number of para-hydroxylation sites is 1. The largest absolute Gasteiger partial charge is 0.465 e. The Morgan fingerprint density at radius 1 is 1.10 bits per heavy atom. The van der Waals surface area contributed by atoms with Gasteiger partial charge in [-0.2, -0.15) is 4.57 Å². The maximum absolute atomic E-state index is 12.2. The van der Waals surface area contributed by atoms with E-state index in [4.69, 9.17) is 16.3 Å². The standard InChI is InChI=1S/C16H13ClNO2/c1-18-13-6-4-3-5-11(13)15(16(19)20-2)12-9-10(17)7-8-14(12)18/h3-9H,1-2H3/q+1. The first-order chi connectivity index (χ1) is 9.63. The van der Waals surface area contributed by atoms with Crippen molar-refractivity contribution in [1.82, 2.24) is 0 Å². The van der Waals surface area contributed by atoms with Crippen LogP contribution in [0.5, 0.6) is 0 Å². The van der Waals surface area contributed by atoms with Crippen LogP contribution in [0.1, 0.15) is 10.4 Å². The molecule has 100 valence electrons. The van der Waals surface area contributed by atoms with E-state index in [2.05, 4.69) is 0 Å². The van der Waals surface area contributed by atoms with Crippen LogP contribution in [0, 0.1) is 0 Å². The summed E-state index contributed by atoms with van der Waals surface area (Å²) < 4.78 is 6.99. The quantitative estimate of drug-likeness (QED) is 0.390. The molecule has 20 heavy (non-hydrogen) atoms. The highest BCUT2D eigenvalue weighted by Crippen LogP contribution is 2.27. The fourth-order valence-electron chi connectivity index (χ4n) is 2.58. The van der Waals surface area contributed by atoms with E-state index in [0.29, 0.717) is 10.6 Å². The van der Waals surface area contributed by atoms with Gasteiger partial charge in [0.05, 0.1) is 23.4 Å². The molecule has 0 atom stereocenters. The number of aryl methyl sites for hydroxylation is 1. The van der Waals surface area contributed by atoms with Crippen molar-refractivity contribution in [2.45, 2.75) is 0 Å². The topological polar surface area (TPSA) is 30.2 Å². The van der Waals surface area contributed by atoms with Crippen molar-refractivity contribution >= 4 is 39.4 Å². The molecule has 1 aromatic heterocycles. The molecule has 3 aromatic rings. The number of hydrogen-bond acceptors (Lipinski definition) is 2. The van der Waals surface area contributed by atoms with Crippen LogP contribution in [0.3, 0.4) is 0 Å². The molecule has 1 heterocycles. The van der Waals surface area contributed by atoms with Gasteiger partial charge in [-0.3, -0.25) is 0 Å². The molecule has 0 amide bonds. The number of halogens is 1. The molecular formula is C16H13ClNO2+. The van der Waals surface area contributed by atoms with Gasteiger partial charge in [-0.25, -0.2) is 4.79 Å². The molecule has 0 spiro atoms. The number of hydrogen-bond donors (Lipinski definition) is 0. The molecule has 3 rings (SSSR count). The third-order valence-electron chi connectivity index (χ3n) is 3.51. The van der Waals surface area contributed by atoms with E-state index in [-0.39, 0.29) is 5.97 Å². The van der Waals surface area contributed by atoms with E-state index in [1.165, 1.54) is 7.11 Å². The molecule has 2 aromatic carbocycles. The summed E-state index contributed by atoms with van der Waals surface area (Å²) in [7, 11) is 3.36. The highest BCUT2D eigenvalue weighted by molar-refractivity contribution is 6.31. The molecule has 0 aliphatic rings. The molecule has 0 N–H and O–H groups in total. The Morgan fingerprint density at radius 2 is 1.80 bits per heavy atom. The lowest BCUT2D eigenvalue weighted by Crippen LogP contribution is -2.31. The third-order valence-corrected chi connectivity index (χ3v) is 3.75. The van der Waals surface area contributed by atoms with Crippen LogP contribution < -0.4 is 4.57 Å². The number of fused-ring (bicyclic) bond motifs is 2. The molecule has 4 heteroatoms. The lowest BCUT2D eigenvalue weighted by molar-refractivity contribution is -0.617. The van der Waals surface area contributed by atoms with Crippen molar-refractivity contribution < 1.29 is 14.1 Å². The number of aromatic nitrogens is 1. The summed E-state index contributed by atoms with van der Waals surface area (Å²) >= 11 is 6.08.